The smallest absolute Gasteiger partial charge is 0.0919 e. The molecule has 1 rings (SSSR count). The van der Waals surface area contributed by atoms with Crippen molar-refractivity contribution in [3.63, 3.8) is 0 Å². The Morgan fingerprint density at radius 1 is 1.58 bits per heavy atom. The van der Waals surface area contributed by atoms with Crippen molar-refractivity contribution >= 4 is 0 Å². The number of allylic oxidation sites excluding steroid dienone is 1. The van der Waals surface area contributed by atoms with Gasteiger partial charge in [0, 0.05) is 19.0 Å². The van der Waals surface area contributed by atoms with Gasteiger partial charge in [-0.25, -0.2) is 0 Å². The number of ether oxygens (including phenoxy) is 1. The van der Waals surface area contributed by atoms with E-state index in [-0.39, 0.29) is 0 Å². The van der Waals surface area contributed by atoms with Gasteiger partial charge in [0.25, 0.3) is 0 Å². The van der Waals surface area contributed by atoms with Gasteiger partial charge in [0.1, 0.15) is 0 Å². The lowest BCUT2D eigenvalue weighted by molar-refractivity contribution is -0.112. The normalized spacial score (nSPS) is 20.8. The van der Waals surface area contributed by atoms with Gasteiger partial charge >= 0.3 is 0 Å². The summed E-state index contributed by atoms with van der Waals surface area (Å²) in [6.45, 7) is 7.99. The van der Waals surface area contributed by atoms with Crippen LogP contribution in [0.5, 0.6) is 0 Å². The van der Waals surface area contributed by atoms with Gasteiger partial charge in [0.15, 0.2) is 0 Å². The Morgan fingerprint density at radius 2 is 2.17 bits per heavy atom. The molecule has 0 amide bonds. The molecule has 12 heavy (non-hydrogen) atoms. The predicted molar refractivity (Wildman–Crippen MR) is 46.8 cm³/mol. The van der Waals surface area contributed by atoms with Gasteiger partial charge in [-0.1, -0.05) is 6.58 Å². The van der Waals surface area contributed by atoms with E-state index >= 15 is 0 Å². The van der Waals surface area contributed by atoms with Crippen LogP contribution in [0.25, 0.3) is 0 Å². The van der Waals surface area contributed by atoms with E-state index in [1.54, 1.807) is 0 Å². The van der Waals surface area contributed by atoms with E-state index in [0.717, 1.165) is 31.7 Å². The second kappa shape index (κ2) is 4.48. The molecule has 0 saturated carbocycles. The van der Waals surface area contributed by atoms with Crippen molar-refractivity contribution in [1.29, 1.82) is 0 Å². The largest absolute Gasteiger partial charge is 0.499 e. The van der Waals surface area contributed by atoms with E-state index in [9.17, 15) is 0 Å². The summed E-state index contributed by atoms with van der Waals surface area (Å²) in [5.41, 5.74) is 0. The molecule has 3 heteroatoms. The highest BCUT2D eigenvalue weighted by molar-refractivity contribution is 4.93. The van der Waals surface area contributed by atoms with E-state index in [0.29, 0.717) is 12.5 Å². The number of nitrogens with zero attached hydrogens (tertiary/aromatic N) is 1. The Bertz CT molecular complexity index is 151. The summed E-state index contributed by atoms with van der Waals surface area (Å²) in [5, 5.41) is 10.5. The number of hydroxylamine groups is 2. The minimum Gasteiger partial charge on any atom is -0.499 e. The van der Waals surface area contributed by atoms with Crippen LogP contribution in [0.3, 0.4) is 0 Å². The molecular formula is C9H17NO2. The summed E-state index contributed by atoms with van der Waals surface area (Å²) >= 11 is 0. The Kier molecular flexibility index (Phi) is 3.56. The van der Waals surface area contributed by atoms with Crippen molar-refractivity contribution in [2.24, 2.45) is 5.92 Å². The first-order valence-electron chi connectivity index (χ1n) is 4.49. The molecule has 0 aromatic heterocycles. The molecule has 0 radical (unpaired) electrons. The monoisotopic (exact) mass is 171 g/mol. The zero-order valence-electron chi connectivity index (χ0n) is 7.62. The van der Waals surface area contributed by atoms with Gasteiger partial charge in [-0.05, 0) is 19.8 Å². The summed E-state index contributed by atoms with van der Waals surface area (Å²) in [6.07, 6.45) is 1.91. The molecule has 0 spiro atoms. The van der Waals surface area contributed by atoms with Crippen molar-refractivity contribution < 1.29 is 9.94 Å². The molecule has 0 unspecified atom stereocenters. The van der Waals surface area contributed by atoms with Crippen LogP contribution in [0.1, 0.15) is 19.8 Å². The second-order valence-electron chi connectivity index (χ2n) is 3.13. The van der Waals surface area contributed by atoms with E-state index < -0.39 is 0 Å². The zero-order chi connectivity index (χ0) is 8.97. The van der Waals surface area contributed by atoms with Crippen LogP contribution in [-0.4, -0.2) is 30.0 Å². The number of rotatable bonds is 3. The minimum absolute atomic E-state index is 0.438. The first kappa shape index (κ1) is 9.55. The third-order valence-electron chi connectivity index (χ3n) is 2.26. The molecule has 1 aliphatic rings. The molecule has 1 fully saturated rings. The second-order valence-corrected chi connectivity index (χ2v) is 3.13. The summed E-state index contributed by atoms with van der Waals surface area (Å²) in [4.78, 5) is 0. The first-order valence-corrected chi connectivity index (χ1v) is 4.49. The summed E-state index contributed by atoms with van der Waals surface area (Å²) in [6, 6.07) is 0. The first-order chi connectivity index (χ1) is 5.74. The quantitative estimate of drug-likeness (QED) is 0.655. The molecule has 0 aliphatic carbocycles. The van der Waals surface area contributed by atoms with Gasteiger partial charge in [-0.15, -0.1) is 0 Å². The standard InChI is InChI=1S/C9H17NO2/c1-3-12-8(2)9-4-6-10(11)7-5-9/h9,11H,2-7H2,1H3. The van der Waals surface area contributed by atoms with Gasteiger partial charge in [0.2, 0.25) is 0 Å². The Balaban J connectivity index is 2.29. The highest BCUT2D eigenvalue weighted by Gasteiger charge is 2.20. The molecule has 1 aliphatic heterocycles. The van der Waals surface area contributed by atoms with Gasteiger partial charge in [0.05, 0.1) is 12.4 Å². The fourth-order valence-corrected chi connectivity index (χ4v) is 1.49. The highest BCUT2D eigenvalue weighted by atomic mass is 16.5. The van der Waals surface area contributed by atoms with Gasteiger partial charge < -0.3 is 9.94 Å². The average molecular weight is 171 g/mol. The van der Waals surface area contributed by atoms with E-state index in [4.69, 9.17) is 9.94 Å². The lowest BCUT2D eigenvalue weighted by Gasteiger charge is -2.28. The number of piperidine rings is 1. The van der Waals surface area contributed by atoms with Crippen LogP contribution in [0, 0.1) is 5.92 Å². The van der Waals surface area contributed by atoms with E-state index in [1.807, 2.05) is 6.92 Å². The topological polar surface area (TPSA) is 32.7 Å². The molecule has 1 heterocycles. The summed E-state index contributed by atoms with van der Waals surface area (Å²) in [7, 11) is 0. The molecule has 1 saturated heterocycles. The van der Waals surface area contributed by atoms with Crippen LogP contribution in [0.15, 0.2) is 12.3 Å². The van der Waals surface area contributed by atoms with Crippen molar-refractivity contribution in [3.05, 3.63) is 12.3 Å². The van der Waals surface area contributed by atoms with E-state index in [2.05, 4.69) is 6.58 Å². The SMILES string of the molecule is C=C(OCC)C1CCN(O)CC1. The van der Waals surface area contributed by atoms with Crippen molar-refractivity contribution in [2.45, 2.75) is 19.8 Å². The summed E-state index contributed by atoms with van der Waals surface area (Å²) in [5.74, 6) is 1.32. The van der Waals surface area contributed by atoms with Gasteiger partial charge in [-0.3, -0.25) is 0 Å². The van der Waals surface area contributed by atoms with Crippen molar-refractivity contribution in [2.75, 3.05) is 19.7 Å². The van der Waals surface area contributed by atoms with Crippen LogP contribution in [-0.2, 0) is 4.74 Å². The molecule has 0 atom stereocenters. The molecule has 0 bridgehead atoms. The van der Waals surface area contributed by atoms with Crippen LogP contribution in [0.4, 0.5) is 0 Å². The minimum atomic E-state index is 0.438. The molecule has 0 aromatic carbocycles. The Hall–Kier alpha value is -0.540. The maximum Gasteiger partial charge on any atom is 0.0919 e. The predicted octanol–water partition coefficient (Wildman–Crippen LogP) is 1.64. The summed E-state index contributed by atoms with van der Waals surface area (Å²) < 4.78 is 5.32. The molecule has 70 valence electrons. The van der Waals surface area contributed by atoms with Crippen molar-refractivity contribution in [3.8, 4) is 0 Å². The Labute approximate surface area is 73.6 Å². The molecular weight excluding hydrogens is 154 g/mol. The maximum absolute atomic E-state index is 9.10. The number of hydrogen-bond donors (Lipinski definition) is 1. The van der Waals surface area contributed by atoms with Crippen LogP contribution in [0.2, 0.25) is 0 Å². The highest BCUT2D eigenvalue weighted by Crippen LogP contribution is 2.23. The lowest BCUT2D eigenvalue weighted by Crippen LogP contribution is -2.31. The number of hydrogen-bond acceptors (Lipinski definition) is 3. The Morgan fingerprint density at radius 3 is 2.67 bits per heavy atom. The average Bonchev–Trinajstić information content (AvgIpc) is 2.06. The fourth-order valence-electron chi connectivity index (χ4n) is 1.49. The molecule has 0 aromatic rings. The third kappa shape index (κ3) is 2.50. The van der Waals surface area contributed by atoms with Gasteiger partial charge in [-0.2, -0.15) is 5.06 Å². The zero-order valence-corrected chi connectivity index (χ0v) is 7.62. The van der Waals surface area contributed by atoms with Crippen LogP contribution >= 0.6 is 0 Å². The fraction of sp³-hybridized carbons (Fsp3) is 0.778. The molecule has 1 N–H and O–H groups in total. The maximum atomic E-state index is 9.10. The van der Waals surface area contributed by atoms with Crippen LogP contribution < -0.4 is 0 Å². The third-order valence-corrected chi connectivity index (χ3v) is 2.26. The molecule has 3 nitrogen and oxygen atoms in total. The van der Waals surface area contributed by atoms with E-state index in [1.165, 1.54) is 5.06 Å². The lowest BCUT2D eigenvalue weighted by atomic mass is 9.96. The van der Waals surface area contributed by atoms with Crippen molar-refractivity contribution in [1.82, 2.24) is 5.06 Å².